The van der Waals surface area contributed by atoms with Gasteiger partial charge < -0.3 is 10.4 Å². The summed E-state index contributed by atoms with van der Waals surface area (Å²) in [7, 11) is 0. The number of rotatable bonds is 5. The van der Waals surface area contributed by atoms with Crippen LogP contribution in [-0.4, -0.2) is 34.8 Å². The van der Waals surface area contributed by atoms with Crippen molar-refractivity contribution in [3.8, 4) is 0 Å². The Bertz CT molecular complexity index is 893. The lowest BCUT2D eigenvalue weighted by molar-refractivity contribution is -0.175. The number of fused-ring (bicyclic) bond motifs is 1. The van der Waals surface area contributed by atoms with Crippen molar-refractivity contribution < 1.29 is 23.1 Å². The van der Waals surface area contributed by atoms with Gasteiger partial charge in [-0.15, -0.1) is 0 Å². The third-order valence-corrected chi connectivity index (χ3v) is 5.13. The van der Waals surface area contributed by atoms with Gasteiger partial charge in [0.15, 0.2) is 0 Å². The second kappa shape index (κ2) is 8.31. The van der Waals surface area contributed by atoms with Crippen molar-refractivity contribution in [1.82, 2.24) is 10.3 Å². The van der Waals surface area contributed by atoms with Gasteiger partial charge in [0.1, 0.15) is 0 Å². The number of hydrogen-bond acceptors (Lipinski definition) is 3. The number of nitrogens with one attached hydrogen (secondary N) is 1. The van der Waals surface area contributed by atoms with Crippen molar-refractivity contribution in [3.63, 3.8) is 0 Å². The Morgan fingerprint density at radius 3 is 2.82 bits per heavy atom. The number of halogens is 3. The third kappa shape index (κ3) is 4.52. The zero-order chi connectivity index (χ0) is 20.3. The Morgan fingerprint density at radius 2 is 2.18 bits per heavy atom. The van der Waals surface area contributed by atoms with Gasteiger partial charge in [-0.2, -0.15) is 13.2 Å². The molecule has 2 N–H and O–H groups in total. The Morgan fingerprint density at radius 1 is 1.39 bits per heavy atom. The molecule has 150 valence electrons. The van der Waals surface area contributed by atoms with Gasteiger partial charge in [-0.05, 0) is 44.2 Å². The molecule has 0 radical (unpaired) electrons. The summed E-state index contributed by atoms with van der Waals surface area (Å²) >= 11 is 0. The van der Waals surface area contributed by atoms with E-state index in [1.165, 1.54) is 6.20 Å². The van der Waals surface area contributed by atoms with Crippen molar-refractivity contribution in [2.24, 2.45) is 5.92 Å². The summed E-state index contributed by atoms with van der Waals surface area (Å²) in [5.41, 5.74) is 2.77. The first-order valence-electron chi connectivity index (χ1n) is 9.36. The van der Waals surface area contributed by atoms with Crippen molar-refractivity contribution >= 4 is 22.4 Å². The molecule has 2 atom stereocenters. The molecule has 0 saturated carbocycles. The van der Waals surface area contributed by atoms with Crippen LogP contribution in [0.5, 0.6) is 0 Å². The van der Waals surface area contributed by atoms with E-state index in [4.69, 9.17) is 5.11 Å². The van der Waals surface area contributed by atoms with Crippen molar-refractivity contribution in [2.45, 2.75) is 44.8 Å². The van der Waals surface area contributed by atoms with Gasteiger partial charge in [0.25, 0.3) is 5.91 Å². The monoisotopic (exact) mass is 392 g/mol. The molecule has 7 heteroatoms. The molecule has 0 saturated heterocycles. The van der Waals surface area contributed by atoms with Crippen LogP contribution < -0.4 is 5.32 Å². The van der Waals surface area contributed by atoms with E-state index in [0.29, 0.717) is 23.9 Å². The second-order valence-corrected chi connectivity index (χ2v) is 7.23. The van der Waals surface area contributed by atoms with Gasteiger partial charge in [0.05, 0.1) is 17.0 Å². The van der Waals surface area contributed by atoms with Crippen molar-refractivity contribution in [1.29, 1.82) is 0 Å². The number of para-hydroxylation sites is 1. The van der Waals surface area contributed by atoms with Crippen LogP contribution >= 0.6 is 0 Å². The van der Waals surface area contributed by atoms with Crippen LogP contribution in [0.15, 0.2) is 36.5 Å². The third-order valence-electron chi connectivity index (χ3n) is 5.13. The number of carbonyl (C=O) groups excluding carboxylic acids is 1. The average molecular weight is 392 g/mol. The van der Waals surface area contributed by atoms with Gasteiger partial charge in [0.2, 0.25) is 0 Å². The maximum atomic E-state index is 12.9. The molecule has 0 bridgehead atoms. The van der Waals surface area contributed by atoms with Crippen LogP contribution in [0.1, 0.15) is 48.5 Å². The van der Waals surface area contributed by atoms with E-state index in [-0.39, 0.29) is 31.4 Å². The molecule has 0 fully saturated rings. The highest BCUT2D eigenvalue weighted by molar-refractivity contribution is 5.99. The predicted molar refractivity (Wildman–Crippen MR) is 102 cm³/mol. The number of alkyl halides is 3. The van der Waals surface area contributed by atoms with Crippen LogP contribution in [0, 0.1) is 5.92 Å². The van der Waals surface area contributed by atoms with Crippen LogP contribution in [0.25, 0.3) is 16.5 Å². The molecular formula is C21H23F3N2O2. The number of aliphatic hydroxyl groups excluding tert-OH is 1. The van der Waals surface area contributed by atoms with Gasteiger partial charge in [0, 0.05) is 29.8 Å². The molecular weight excluding hydrogens is 369 g/mol. The average Bonchev–Trinajstić information content (AvgIpc) is 2.66. The zero-order valence-electron chi connectivity index (χ0n) is 15.6. The van der Waals surface area contributed by atoms with Gasteiger partial charge in [-0.1, -0.05) is 24.3 Å². The minimum absolute atomic E-state index is 0.00884. The summed E-state index contributed by atoms with van der Waals surface area (Å²) in [6, 6.07) is 7.09. The van der Waals surface area contributed by atoms with Crippen LogP contribution in [0.3, 0.4) is 0 Å². The molecule has 0 spiro atoms. The standard InChI is InChI=1S/C21H23F3N2O2/c1-13(9-10-27)26-20(28)16-11-15-3-2-4-18(19(15)25-12-16)14-5-7-17(8-6-14)21(22,23)24/h2-5,11-13,17,27H,6-10H2,1H3,(H,26,28)/t13-,17?/m0/s1. The molecule has 2 aromatic rings. The van der Waals surface area contributed by atoms with E-state index in [1.807, 2.05) is 25.1 Å². The van der Waals surface area contributed by atoms with Crippen molar-refractivity contribution in [3.05, 3.63) is 47.7 Å². The highest BCUT2D eigenvalue weighted by Crippen LogP contribution is 2.40. The number of amides is 1. The van der Waals surface area contributed by atoms with Crippen LogP contribution in [-0.2, 0) is 0 Å². The SMILES string of the molecule is C[C@@H](CCO)NC(=O)c1cnc2c(C3=CCC(C(F)(F)F)CC3)cccc2c1. The number of allylic oxidation sites excluding steroid dienone is 2. The lowest BCUT2D eigenvalue weighted by atomic mass is 9.85. The molecule has 1 unspecified atom stereocenters. The quantitative estimate of drug-likeness (QED) is 0.789. The Hall–Kier alpha value is -2.41. The number of hydrogen-bond donors (Lipinski definition) is 2. The summed E-state index contributed by atoms with van der Waals surface area (Å²) in [5.74, 6) is -1.55. The number of pyridine rings is 1. The Kier molecular flexibility index (Phi) is 6.03. The van der Waals surface area contributed by atoms with E-state index in [1.54, 1.807) is 12.1 Å². The molecule has 28 heavy (non-hydrogen) atoms. The molecule has 1 aliphatic carbocycles. The summed E-state index contributed by atoms with van der Waals surface area (Å²) in [6.45, 7) is 1.80. The zero-order valence-corrected chi connectivity index (χ0v) is 15.6. The van der Waals surface area contributed by atoms with Gasteiger partial charge in [-0.3, -0.25) is 9.78 Å². The fourth-order valence-corrected chi connectivity index (χ4v) is 3.49. The first kappa shape index (κ1) is 20.3. The van der Waals surface area contributed by atoms with E-state index >= 15 is 0 Å². The number of aliphatic hydroxyl groups is 1. The largest absolute Gasteiger partial charge is 0.396 e. The fraction of sp³-hybridized carbons (Fsp3) is 0.429. The molecule has 1 aromatic carbocycles. The number of nitrogens with zero attached hydrogens (tertiary/aromatic N) is 1. The number of aromatic nitrogens is 1. The highest BCUT2D eigenvalue weighted by atomic mass is 19.4. The first-order valence-corrected chi connectivity index (χ1v) is 9.36. The Labute approximate surface area is 161 Å². The smallest absolute Gasteiger partial charge is 0.392 e. The maximum Gasteiger partial charge on any atom is 0.392 e. The Balaban J connectivity index is 1.85. The topological polar surface area (TPSA) is 62.2 Å². The van der Waals surface area contributed by atoms with E-state index in [9.17, 15) is 18.0 Å². The minimum Gasteiger partial charge on any atom is -0.396 e. The molecule has 1 aliphatic rings. The maximum absolute atomic E-state index is 12.9. The normalized spacial score (nSPS) is 18.6. The van der Waals surface area contributed by atoms with Crippen LogP contribution in [0.4, 0.5) is 13.2 Å². The molecule has 1 heterocycles. The van der Waals surface area contributed by atoms with E-state index in [0.717, 1.165) is 16.5 Å². The van der Waals surface area contributed by atoms with Crippen LogP contribution in [0.2, 0.25) is 0 Å². The predicted octanol–water partition coefficient (Wildman–Crippen LogP) is 4.48. The minimum atomic E-state index is -4.16. The lowest BCUT2D eigenvalue weighted by Crippen LogP contribution is -2.33. The summed E-state index contributed by atoms with van der Waals surface area (Å²) in [6.07, 6.45) is -0.137. The van der Waals surface area contributed by atoms with E-state index < -0.39 is 12.1 Å². The molecule has 4 nitrogen and oxygen atoms in total. The molecule has 1 amide bonds. The van der Waals surface area contributed by atoms with E-state index in [2.05, 4.69) is 10.3 Å². The number of carbonyl (C=O) groups is 1. The van der Waals surface area contributed by atoms with Gasteiger partial charge >= 0.3 is 6.18 Å². The molecule has 3 rings (SSSR count). The lowest BCUT2D eigenvalue weighted by Gasteiger charge is -2.24. The van der Waals surface area contributed by atoms with Crippen molar-refractivity contribution in [2.75, 3.05) is 6.61 Å². The first-order chi connectivity index (χ1) is 13.3. The number of benzene rings is 1. The second-order valence-electron chi connectivity index (χ2n) is 7.23. The highest BCUT2D eigenvalue weighted by Gasteiger charge is 2.39. The van der Waals surface area contributed by atoms with Gasteiger partial charge in [-0.25, -0.2) is 0 Å². The summed E-state index contributed by atoms with van der Waals surface area (Å²) < 4.78 is 38.7. The fourth-order valence-electron chi connectivity index (χ4n) is 3.49. The molecule has 0 aliphatic heterocycles. The summed E-state index contributed by atoms with van der Waals surface area (Å²) in [5, 5.41) is 12.5. The molecule has 1 aromatic heterocycles. The summed E-state index contributed by atoms with van der Waals surface area (Å²) in [4.78, 5) is 16.8.